The van der Waals surface area contributed by atoms with E-state index in [-0.39, 0.29) is 24.4 Å². The fourth-order valence-electron chi connectivity index (χ4n) is 3.93. The molecule has 1 aliphatic carbocycles. The molecule has 150 valence electrons. The minimum absolute atomic E-state index is 0.0206. The Balaban J connectivity index is 1.57. The van der Waals surface area contributed by atoms with Crippen molar-refractivity contribution in [1.29, 1.82) is 0 Å². The van der Waals surface area contributed by atoms with Gasteiger partial charge in [-0.3, -0.25) is 4.79 Å². The Kier molecular flexibility index (Phi) is 5.67. The average molecular weight is 410 g/mol. The Morgan fingerprint density at radius 1 is 1.17 bits per heavy atom. The molecule has 1 aromatic heterocycles. The molecule has 1 aliphatic rings. The Labute approximate surface area is 175 Å². The number of nitrogens with zero attached hydrogens (tertiary/aromatic N) is 3. The van der Waals surface area contributed by atoms with E-state index in [0.717, 1.165) is 24.8 Å². The Morgan fingerprint density at radius 3 is 2.72 bits per heavy atom. The minimum atomic E-state index is -0.117. The van der Waals surface area contributed by atoms with Crippen LogP contribution in [0.1, 0.15) is 49.6 Å². The summed E-state index contributed by atoms with van der Waals surface area (Å²) in [4.78, 5) is 15.3. The summed E-state index contributed by atoms with van der Waals surface area (Å²) >= 11 is 6.23. The van der Waals surface area contributed by atoms with Gasteiger partial charge in [0, 0.05) is 6.04 Å². The summed E-state index contributed by atoms with van der Waals surface area (Å²) in [6, 6.07) is 15.6. The highest BCUT2D eigenvalue weighted by Gasteiger charge is 2.32. The Hall–Kier alpha value is -2.66. The third-order valence-corrected chi connectivity index (χ3v) is 5.78. The van der Waals surface area contributed by atoms with E-state index in [2.05, 4.69) is 22.3 Å². The number of fused-ring (bicyclic) bond motifs is 1. The van der Waals surface area contributed by atoms with Gasteiger partial charge in [-0.15, -0.1) is 10.2 Å². The molecule has 0 bridgehead atoms. The van der Waals surface area contributed by atoms with Crippen LogP contribution in [0.15, 0.2) is 52.9 Å². The van der Waals surface area contributed by atoms with E-state index in [4.69, 9.17) is 16.0 Å². The van der Waals surface area contributed by atoms with Crippen LogP contribution in [0.3, 0.4) is 0 Å². The molecule has 0 unspecified atom stereocenters. The molecular weight excluding hydrogens is 386 g/mol. The summed E-state index contributed by atoms with van der Waals surface area (Å²) in [5, 5.41) is 8.84. The molecule has 0 radical (unpaired) electrons. The molecule has 3 aromatic rings. The molecule has 0 fully saturated rings. The molecule has 0 saturated heterocycles. The van der Waals surface area contributed by atoms with E-state index in [1.54, 1.807) is 6.07 Å². The third kappa shape index (κ3) is 4.06. The maximum Gasteiger partial charge on any atom is 0.249 e. The zero-order chi connectivity index (χ0) is 20.4. The molecule has 1 atom stereocenters. The van der Waals surface area contributed by atoms with Crippen molar-refractivity contribution in [2.75, 3.05) is 0 Å². The molecule has 0 spiro atoms. The zero-order valence-corrected chi connectivity index (χ0v) is 17.4. The molecule has 4 rings (SSSR count). The lowest BCUT2D eigenvalue weighted by atomic mass is 9.82. The lowest BCUT2D eigenvalue weighted by molar-refractivity contribution is -0.136. The molecule has 0 aliphatic heterocycles. The Bertz CT molecular complexity index is 1010. The number of benzene rings is 2. The van der Waals surface area contributed by atoms with Crippen molar-refractivity contribution in [2.45, 2.75) is 51.6 Å². The highest BCUT2D eigenvalue weighted by atomic mass is 35.5. The van der Waals surface area contributed by atoms with E-state index in [1.807, 2.05) is 49.1 Å². The van der Waals surface area contributed by atoms with Crippen molar-refractivity contribution >= 4 is 17.5 Å². The Morgan fingerprint density at radius 2 is 1.93 bits per heavy atom. The molecule has 29 heavy (non-hydrogen) atoms. The molecule has 1 amide bonds. The lowest BCUT2D eigenvalue weighted by Crippen LogP contribution is -2.40. The van der Waals surface area contributed by atoms with E-state index >= 15 is 0 Å². The second-order valence-electron chi connectivity index (χ2n) is 7.68. The number of carbonyl (C=O) groups excluding carboxylic acids is 1. The maximum absolute atomic E-state index is 13.5. The standard InChI is InChI=1S/C23H24ClN3O2/c1-15(2)27(23(28)18-12-7-9-16-8-3-4-10-17(16)18)14-21-25-26-22(29-21)19-11-5-6-13-20(19)24/h3-6,8,10-11,13,15,18H,7,9,12,14H2,1-2H3/t18-/m0/s1. The molecule has 1 heterocycles. The number of amides is 1. The number of carbonyl (C=O) groups is 1. The van der Waals surface area contributed by atoms with Crippen LogP contribution in [0.4, 0.5) is 0 Å². The van der Waals surface area contributed by atoms with Crippen molar-refractivity contribution in [3.8, 4) is 11.5 Å². The second-order valence-corrected chi connectivity index (χ2v) is 8.09. The normalized spacial score (nSPS) is 15.9. The summed E-state index contributed by atoms with van der Waals surface area (Å²) in [7, 11) is 0. The van der Waals surface area contributed by atoms with Gasteiger partial charge in [-0.25, -0.2) is 0 Å². The number of rotatable bonds is 5. The van der Waals surface area contributed by atoms with Crippen LogP contribution in [0, 0.1) is 0 Å². The predicted octanol–water partition coefficient (Wildman–Crippen LogP) is 5.25. The van der Waals surface area contributed by atoms with Gasteiger partial charge >= 0.3 is 0 Å². The monoisotopic (exact) mass is 409 g/mol. The summed E-state index contributed by atoms with van der Waals surface area (Å²) < 4.78 is 5.84. The van der Waals surface area contributed by atoms with Crippen molar-refractivity contribution in [1.82, 2.24) is 15.1 Å². The average Bonchev–Trinajstić information content (AvgIpc) is 3.19. The smallest absolute Gasteiger partial charge is 0.249 e. The van der Waals surface area contributed by atoms with Crippen molar-refractivity contribution < 1.29 is 9.21 Å². The SMILES string of the molecule is CC(C)N(Cc1nnc(-c2ccccc2Cl)o1)C(=O)[C@H]1CCCc2ccccc21. The van der Waals surface area contributed by atoms with Crippen molar-refractivity contribution in [3.63, 3.8) is 0 Å². The van der Waals surface area contributed by atoms with Gasteiger partial charge in [-0.05, 0) is 56.4 Å². The quantitative estimate of drug-likeness (QED) is 0.577. The second kappa shape index (κ2) is 8.37. The number of hydrogen-bond donors (Lipinski definition) is 0. The van der Waals surface area contributed by atoms with Gasteiger partial charge in [0.25, 0.3) is 0 Å². The molecule has 0 N–H and O–H groups in total. The molecule has 0 saturated carbocycles. The predicted molar refractivity (Wildman–Crippen MR) is 113 cm³/mol. The van der Waals surface area contributed by atoms with E-state index in [0.29, 0.717) is 22.4 Å². The van der Waals surface area contributed by atoms with Gasteiger partial charge in [0.1, 0.15) is 0 Å². The first-order chi connectivity index (χ1) is 14.0. The van der Waals surface area contributed by atoms with Gasteiger partial charge in [-0.2, -0.15) is 0 Å². The number of halogens is 1. The third-order valence-electron chi connectivity index (χ3n) is 5.45. The number of aromatic nitrogens is 2. The topological polar surface area (TPSA) is 59.2 Å². The van der Waals surface area contributed by atoms with E-state index < -0.39 is 0 Å². The highest BCUT2D eigenvalue weighted by Crippen LogP contribution is 2.34. The van der Waals surface area contributed by atoms with Gasteiger partial charge < -0.3 is 9.32 Å². The minimum Gasteiger partial charge on any atom is -0.419 e. The first-order valence-electron chi connectivity index (χ1n) is 10.00. The molecule has 6 heteroatoms. The van der Waals surface area contributed by atoms with Crippen LogP contribution in [0.25, 0.3) is 11.5 Å². The fourth-order valence-corrected chi connectivity index (χ4v) is 4.15. The van der Waals surface area contributed by atoms with Crippen LogP contribution in [-0.4, -0.2) is 27.0 Å². The van der Waals surface area contributed by atoms with Crippen LogP contribution in [-0.2, 0) is 17.8 Å². The van der Waals surface area contributed by atoms with Crippen molar-refractivity contribution in [3.05, 3.63) is 70.6 Å². The van der Waals surface area contributed by atoms with Gasteiger partial charge in [0.05, 0.1) is 23.0 Å². The number of hydrogen-bond acceptors (Lipinski definition) is 4. The van der Waals surface area contributed by atoms with E-state index in [9.17, 15) is 4.79 Å². The summed E-state index contributed by atoms with van der Waals surface area (Å²) in [6.07, 6.45) is 2.93. The summed E-state index contributed by atoms with van der Waals surface area (Å²) in [6.45, 7) is 4.31. The van der Waals surface area contributed by atoms with Crippen molar-refractivity contribution in [2.24, 2.45) is 0 Å². The van der Waals surface area contributed by atoms with Gasteiger partial charge in [-0.1, -0.05) is 48.0 Å². The summed E-state index contributed by atoms with van der Waals surface area (Å²) in [5.74, 6) is 0.772. The van der Waals surface area contributed by atoms with E-state index in [1.165, 1.54) is 5.56 Å². The molecular formula is C23H24ClN3O2. The fraction of sp³-hybridized carbons (Fsp3) is 0.348. The largest absolute Gasteiger partial charge is 0.419 e. The lowest BCUT2D eigenvalue weighted by Gasteiger charge is -2.32. The molecule has 5 nitrogen and oxygen atoms in total. The van der Waals surface area contributed by atoms with Gasteiger partial charge in [0.2, 0.25) is 17.7 Å². The van der Waals surface area contributed by atoms with Gasteiger partial charge in [0.15, 0.2) is 0 Å². The number of aryl methyl sites for hydroxylation is 1. The van der Waals surface area contributed by atoms with Crippen LogP contribution in [0.2, 0.25) is 5.02 Å². The maximum atomic E-state index is 13.5. The molecule has 2 aromatic carbocycles. The zero-order valence-electron chi connectivity index (χ0n) is 16.6. The summed E-state index contributed by atoms with van der Waals surface area (Å²) in [5.41, 5.74) is 3.12. The van der Waals surface area contributed by atoms with Crippen LogP contribution < -0.4 is 0 Å². The van der Waals surface area contributed by atoms with Crippen LogP contribution >= 0.6 is 11.6 Å². The first-order valence-corrected chi connectivity index (χ1v) is 10.4. The van der Waals surface area contributed by atoms with Crippen LogP contribution in [0.5, 0.6) is 0 Å². The highest BCUT2D eigenvalue weighted by molar-refractivity contribution is 6.33. The first kappa shape index (κ1) is 19.6.